The molecule has 0 aliphatic carbocycles. The Labute approximate surface area is 215 Å². The highest BCUT2D eigenvalue weighted by molar-refractivity contribution is 7.93. The van der Waals surface area contributed by atoms with Crippen molar-refractivity contribution in [1.29, 1.82) is 0 Å². The standard InChI is InChI=1S/C11H11N3O2S2.C11H9N3O2S2/c2*15-18(16,14-11-13-5-6-17-11)9-1-2-10-8(7-9)3-4-12-10/h1-2,5-7,12H,3-4H2,(H,13,14);1-7,12H,(H,13,14). The number of hydrogen-bond donors (Lipinski definition) is 4. The average molecular weight is 561 g/mol. The molecule has 1 aliphatic rings. The molecular formula is C22H20N6O4S4. The normalized spacial score (nSPS) is 12.9. The molecule has 186 valence electrons. The second-order valence-electron chi connectivity index (χ2n) is 7.61. The maximum Gasteiger partial charge on any atom is 0.263 e. The topological polar surface area (TPSA) is 146 Å². The molecule has 3 aromatic heterocycles. The average Bonchev–Trinajstić information content (AvgIpc) is 3.66. The highest BCUT2D eigenvalue weighted by atomic mass is 32.2. The van der Waals surface area contributed by atoms with E-state index in [1.54, 1.807) is 65.7 Å². The third-order valence-corrected chi connectivity index (χ3v) is 9.55. The van der Waals surface area contributed by atoms with Crippen molar-refractivity contribution < 1.29 is 16.8 Å². The summed E-state index contributed by atoms with van der Waals surface area (Å²) in [6.45, 7) is 0.860. The summed E-state index contributed by atoms with van der Waals surface area (Å²) in [6.07, 6.45) is 5.75. The van der Waals surface area contributed by atoms with Gasteiger partial charge in [-0.15, -0.1) is 22.7 Å². The fourth-order valence-corrected chi connectivity index (χ4v) is 7.20. The van der Waals surface area contributed by atoms with Crippen LogP contribution in [0, 0.1) is 0 Å². The zero-order valence-corrected chi connectivity index (χ0v) is 21.8. The van der Waals surface area contributed by atoms with Crippen LogP contribution >= 0.6 is 22.7 Å². The fourth-order valence-electron chi connectivity index (χ4n) is 3.54. The van der Waals surface area contributed by atoms with E-state index in [1.165, 1.54) is 22.7 Å². The molecule has 4 N–H and O–H groups in total. The number of rotatable bonds is 6. The molecule has 0 amide bonds. The Morgan fingerprint density at radius 1 is 0.806 bits per heavy atom. The van der Waals surface area contributed by atoms with Crippen LogP contribution in [-0.4, -0.2) is 38.3 Å². The molecule has 0 radical (unpaired) electrons. The number of nitrogens with one attached hydrogen (secondary N) is 4. The molecule has 5 aromatic rings. The summed E-state index contributed by atoms with van der Waals surface area (Å²) < 4.78 is 53.4. The van der Waals surface area contributed by atoms with Crippen LogP contribution in [0.4, 0.5) is 16.0 Å². The number of nitrogens with zero attached hydrogens (tertiary/aromatic N) is 2. The van der Waals surface area contributed by atoms with Gasteiger partial charge in [0.05, 0.1) is 9.79 Å². The lowest BCUT2D eigenvalue weighted by molar-refractivity contribution is 0.599. The second kappa shape index (κ2) is 9.89. The molecule has 6 rings (SSSR count). The van der Waals surface area contributed by atoms with Crippen molar-refractivity contribution in [3.63, 3.8) is 0 Å². The number of sulfonamides is 2. The van der Waals surface area contributed by atoms with E-state index in [9.17, 15) is 16.8 Å². The van der Waals surface area contributed by atoms with Gasteiger partial charge in [0.2, 0.25) is 0 Å². The predicted octanol–water partition coefficient (Wildman–Crippen LogP) is 4.34. The van der Waals surface area contributed by atoms with Gasteiger partial charge >= 0.3 is 0 Å². The lowest BCUT2D eigenvalue weighted by Gasteiger charge is -2.07. The van der Waals surface area contributed by atoms with Gasteiger partial charge in [-0.3, -0.25) is 9.44 Å². The van der Waals surface area contributed by atoms with Crippen molar-refractivity contribution in [2.45, 2.75) is 16.2 Å². The fraction of sp³-hybridized carbons (Fsp3) is 0.0909. The Morgan fingerprint density at radius 2 is 1.44 bits per heavy atom. The number of H-pyrrole nitrogens is 1. The van der Waals surface area contributed by atoms with Crippen LogP contribution in [0.5, 0.6) is 0 Å². The molecule has 4 heterocycles. The van der Waals surface area contributed by atoms with Crippen LogP contribution in [0.2, 0.25) is 0 Å². The number of fused-ring (bicyclic) bond motifs is 2. The van der Waals surface area contributed by atoms with E-state index in [1.807, 2.05) is 6.07 Å². The highest BCUT2D eigenvalue weighted by Gasteiger charge is 2.19. The predicted molar refractivity (Wildman–Crippen MR) is 143 cm³/mol. The van der Waals surface area contributed by atoms with E-state index in [0.29, 0.717) is 10.3 Å². The maximum absolute atomic E-state index is 12.1. The first-order valence-corrected chi connectivity index (χ1v) is 15.3. The molecule has 0 spiro atoms. The second-order valence-corrected chi connectivity index (χ2v) is 12.8. The molecule has 0 atom stereocenters. The quantitative estimate of drug-likeness (QED) is 0.242. The van der Waals surface area contributed by atoms with Gasteiger partial charge < -0.3 is 10.3 Å². The summed E-state index contributed by atoms with van der Waals surface area (Å²) >= 11 is 2.50. The summed E-state index contributed by atoms with van der Waals surface area (Å²) in [4.78, 5) is 11.3. The summed E-state index contributed by atoms with van der Waals surface area (Å²) in [6, 6.07) is 11.9. The molecule has 0 unspecified atom stereocenters. The van der Waals surface area contributed by atoms with Gasteiger partial charge in [-0.2, -0.15) is 0 Å². The summed E-state index contributed by atoms with van der Waals surface area (Å²) in [7, 11) is -7.10. The third kappa shape index (κ3) is 5.36. The third-order valence-electron chi connectivity index (χ3n) is 5.24. The van der Waals surface area contributed by atoms with Crippen molar-refractivity contribution in [3.8, 4) is 0 Å². The molecular weight excluding hydrogens is 541 g/mol. The zero-order chi connectivity index (χ0) is 25.2. The first kappa shape index (κ1) is 24.2. The molecule has 36 heavy (non-hydrogen) atoms. The minimum absolute atomic E-state index is 0.227. The van der Waals surface area contributed by atoms with Crippen LogP contribution in [-0.2, 0) is 26.5 Å². The van der Waals surface area contributed by atoms with Crippen LogP contribution in [0.25, 0.3) is 10.9 Å². The van der Waals surface area contributed by atoms with Gasteiger partial charge in [-0.05, 0) is 54.4 Å². The first-order chi connectivity index (χ1) is 17.3. The van der Waals surface area contributed by atoms with Crippen molar-refractivity contribution >= 4 is 69.6 Å². The number of aromatic amines is 1. The maximum atomic E-state index is 12.1. The highest BCUT2D eigenvalue weighted by Crippen LogP contribution is 2.26. The Bertz CT molecular complexity index is 1700. The molecule has 10 nitrogen and oxygen atoms in total. The smallest absolute Gasteiger partial charge is 0.263 e. The summed E-state index contributed by atoms with van der Waals surface area (Å²) in [5.74, 6) is 0. The Hall–Kier alpha value is -3.46. The Kier molecular flexibility index (Phi) is 6.66. The number of anilines is 3. The summed E-state index contributed by atoms with van der Waals surface area (Å²) in [5.41, 5.74) is 2.96. The van der Waals surface area contributed by atoms with E-state index in [-0.39, 0.29) is 9.79 Å². The van der Waals surface area contributed by atoms with Crippen molar-refractivity contribution in [1.82, 2.24) is 15.0 Å². The molecule has 0 saturated carbocycles. The summed E-state index contributed by atoms with van der Waals surface area (Å²) in [5, 5.41) is 8.25. The Balaban J connectivity index is 0.000000148. The van der Waals surface area contributed by atoms with Crippen LogP contribution in [0.1, 0.15) is 5.56 Å². The zero-order valence-electron chi connectivity index (χ0n) is 18.5. The Morgan fingerprint density at radius 3 is 2.08 bits per heavy atom. The van der Waals surface area contributed by atoms with E-state index < -0.39 is 20.0 Å². The minimum Gasteiger partial charge on any atom is -0.384 e. The van der Waals surface area contributed by atoms with Crippen LogP contribution in [0.3, 0.4) is 0 Å². The van der Waals surface area contributed by atoms with E-state index in [4.69, 9.17) is 0 Å². The monoisotopic (exact) mass is 560 g/mol. The van der Waals surface area contributed by atoms with E-state index >= 15 is 0 Å². The SMILES string of the molecule is O=S(=O)(Nc1nccs1)c1ccc2[nH]ccc2c1.O=S(=O)(Nc1nccs1)c1ccc2c(c1)CCN2. The van der Waals surface area contributed by atoms with Gasteiger partial charge in [0.25, 0.3) is 20.0 Å². The van der Waals surface area contributed by atoms with Crippen molar-refractivity contribution in [3.05, 3.63) is 77.4 Å². The molecule has 14 heteroatoms. The number of hydrogen-bond acceptors (Lipinski definition) is 9. The number of benzene rings is 2. The number of aromatic nitrogens is 3. The minimum atomic E-state index is -3.57. The molecule has 0 saturated heterocycles. The van der Waals surface area contributed by atoms with Gasteiger partial charge in [0, 0.05) is 52.5 Å². The van der Waals surface area contributed by atoms with Gasteiger partial charge in [0.1, 0.15) is 0 Å². The van der Waals surface area contributed by atoms with E-state index in [2.05, 4.69) is 29.7 Å². The van der Waals surface area contributed by atoms with Crippen LogP contribution in [0.15, 0.2) is 81.6 Å². The van der Waals surface area contributed by atoms with Crippen molar-refractivity contribution in [2.24, 2.45) is 0 Å². The van der Waals surface area contributed by atoms with Crippen molar-refractivity contribution in [2.75, 3.05) is 21.3 Å². The lowest BCUT2D eigenvalue weighted by Crippen LogP contribution is -2.12. The lowest BCUT2D eigenvalue weighted by atomic mass is 10.2. The van der Waals surface area contributed by atoms with Gasteiger partial charge in [0.15, 0.2) is 10.3 Å². The first-order valence-electron chi connectivity index (χ1n) is 10.6. The number of thiazole rings is 2. The molecule has 0 fully saturated rings. The van der Waals surface area contributed by atoms with E-state index in [0.717, 1.165) is 35.1 Å². The van der Waals surface area contributed by atoms with Gasteiger partial charge in [-0.25, -0.2) is 26.8 Å². The largest absolute Gasteiger partial charge is 0.384 e. The van der Waals surface area contributed by atoms with Gasteiger partial charge in [-0.1, -0.05) is 0 Å². The molecule has 2 aromatic carbocycles. The molecule has 1 aliphatic heterocycles. The molecule has 0 bridgehead atoms. The van der Waals surface area contributed by atoms with Crippen LogP contribution < -0.4 is 14.8 Å².